The van der Waals surface area contributed by atoms with Crippen LogP contribution >= 0.6 is 0 Å². The van der Waals surface area contributed by atoms with Crippen LogP contribution in [0, 0.1) is 17.6 Å². The van der Waals surface area contributed by atoms with E-state index < -0.39 is 11.6 Å². The minimum Gasteiger partial charge on any atom is -0.341 e. The molecule has 3 aliphatic rings. The van der Waals surface area contributed by atoms with Gasteiger partial charge in [-0.15, -0.1) is 0 Å². The molecule has 0 radical (unpaired) electrons. The number of anilines is 1. The Balaban J connectivity index is 1.34. The number of aromatic nitrogens is 2. The first-order chi connectivity index (χ1) is 18.0. The summed E-state index contributed by atoms with van der Waals surface area (Å²) in [4.78, 5) is 32.1. The summed E-state index contributed by atoms with van der Waals surface area (Å²) in [6.07, 6.45) is 0.731. The maximum atomic E-state index is 14.3. The molecule has 8 nitrogen and oxygen atoms in total. The molecule has 2 aromatic rings. The number of rotatable bonds is 6. The van der Waals surface area contributed by atoms with Crippen LogP contribution in [0.15, 0.2) is 24.3 Å². The minimum atomic E-state index is -0.634. The number of benzene rings is 1. The molecule has 2 fully saturated rings. The zero-order chi connectivity index (χ0) is 27.2. The average molecular weight is 527 g/mol. The highest BCUT2D eigenvalue weighted by Gasteiger charge is 2.41. The van der Waals surface area contributed by atoms with Gasteiger partial charge in [0.2, 0.25) is 11.8 Å². The molecular formula is C28H36F2N6O2. The number of carbonyl (C=O) groups excluding carboxylic acids is 2. The van der Waals surface area contributed by atoms with E-state index in [9.17, 15) is 18.4 Å². The van der Waals surface area contributed by atoms with Crippen LogP contribution in [-0.4, -0.2) is 83.2 Å². The van der Waals surface area contributed by atoms with Gasteiger partial charge < -0.3 is 15.1 Å². The number of likely N-dealkylation sites (tertiary alicyclic amines) is 1. The Morgan fingerprint density at radius 3 is 2.66 bits per heavy atom. The third-order valence-electron chi connectivity index (χ3n) is 7.90. The van der Waals surface area contributed by atoms with Crippen molar-refractivity contribution in [1.29, 1.82) is 0 Å². The average Bonchev–Trinajstić information content (AvgIpc) is 3.31. The van der Waals surface area contributed by atoms with Crippen LogP contribution in [0.3, 0.4) is 0 Å². The van der Waals surface area contributed by atoms with Gasteiger partial charge >= 0.3 is 0 Å². The molecule has 5 rings (SSSR count). The van der Waals surface area contributed by atoms with E-state index in [-0.39, 0.29) is 42.3 Å². The summed E-state index contributed by atoms with van der Waals surface area (Å²) < 4.78 is 27.6. The Hall–Kier alpha value is -2.98. The van der Waals surface area contributed by atoms with Crippen molar-refractivity contribution >= 4 is 17.5 Å². The van der Waals surface area contributed by atoms with E-state index in [0.717, 1.165) is 18.3 Å². The summed E-state index contributed by atoms with van der Waals surface area (Å²) in [6.45, 7) is 11.7. The molecule has 0 spiro atoms. The molecule has 0 bridgehead atoms. The zero-order valence-electron chi connectivity index (χ0n) is 22.5. The van der Waals surface area contributed by atoms with Crippen molar-refractivity contribution in [3.63, 3.8) is 0 Å². The smallest absolute Gasteiger partial charge is 0.241 e. The second-order valence-corrected chi connectivity index (χ2v) is 11.8. The molecule has 204 valence electrons. The molecular weight excluding hydrogens is 490 g/mol. The Morgan fingerprint density at radius 1 is 1.16 bits per heavy atom. The van der Waals surface area contributed by atoms with E-state index >= 15 is 0 Å². The Labute approximate surface area is 222 Å². The molecule has 0 saturated carbocycles. The van der Waals surface area contributed by atoms with Crippen LogP contribution in [0.2, 0.25) is 0 Å². The zero-order valence-corrected chi connectivity index (χ0v) is 22.5. The number of hydrogen-bond acceptors (Lipinski definition) is 6. The molecule has 10 heteroatoms. The van der Waals surface area contributed by atoms with Crippen molar-refractivity contribution in [3.05, 3.63) is 52.9 Å². The van der Waals surface area contributed by atoms with Crippen LogP contribution in [0.5, 0.6) is 0 Å². The lowest BCUT2D eigenvalue weighted by molar-refractivity contribution is -0.128. The topological polar surface area (TPSA) is 81.7 Å². The monoisotopic (exact) mass is 526 g/mol. The van der Waals surface area contributed by atoms with Crippen molar-refractivity contribution in [2.24, 2.45) is 5.92 Å². The van der Waals surface area contributed by atoms with Gasteiger partial charge in [-0.05, 0) is 30.5 Å². The summed E-state index contributed by atoms with van der Waals surface area (Å²) in [5.41, 5.74) is 1.87. The number of nitrogens with zero attached hydrogens (tertiary/aromatic N) is 5. The molecule has 3 aliphatic heterocycles. The molecule has 38 heavy (non-hydrogen) atoms. The lowest BCUT2D eigenvalue weighted by Gasteiger charge is -2.41. The second-order valence-electron chi connectivity index (χ2n) is 11.8. The largest absolute Gasteiger partial charge is 0.341 e. The van der Waals surface area contributed by atoms with Crippen molar-refractivity contribution in [2.45, 2.75) is 58.0 Å². The van der Waals surface area contributed by atoms with Gasteiger partial charge in [0.05, 0.1) is 23.6 Å². The molecule has 2 saturated heterocycles. The SMILES string of the molecule is C[C@@H]1CC(=O)N(C[C@H]2CN[C@H](C)CN2CC(=O)N2CC(C)(C)c3nnc(Cc4ccc(F)cc4F)cc32)C1. The summed E-state index contributed by atoms with van der Waals surface area (Å²) >= 11 is 0. The summed E-state index contributed by atoms with van der Waals surface area (Å²) in [5, 5.41) is 12.2. The number of fused-ring (bicyclic) bond motifs is 1. The van der Waals surface area contributed by atoms with Gasteiger partial charge in [-0.3, -0.25) is 14.5 Å². The molecule has 1 N–H and O–H groups in total. The van der Waals surface area contributed by atoms with Crippen molar-refractivity contribution in [2.75, 3.05) is 44.2 Å². The second kappa shape index (κ2) is 10.3. The molecule has 2 amide bonds. The highest BCUT2D eigenvalue weighted by molar-refractivity contribution is 5.97. The maximum Gasteiger partial charge on any atom is 0.241 e. The molecule has 0 aliphatic carbocycles. The number of halogens is 2. The van der Waals surface area contributed by atoms with Crippen molar-refractivity contribution in [3.8, 4) is 0 Å². The summed E-state index contributed by atoms with van der Waals surface area (Å²) in [7, 11) is 0. The Bertz CT molecular complexity index is 1240. The van der Waals surface area contributed by atoms with Crippen LogP contribution in [0.4, 0.5) is 14.5 Å². The van der Waals surface area contributed by atoms with Gasteiger partial charge in [0.1, 0.15) is 11.6 Å². The lowest BCUT2D eigenvalue weighted by atomic mass is 9.91. The van der Waals surface area contributed by atoms with E-state index in [0.29, 0.717) is 55.5 Å². The van der Waals surface area contributed by atoms with E-state index in [2.05, 4.69) is 34.3 Å². The highest BCUT2D eigenvalue weighted by atomic mass is 19.1. The molecule has 0 unspecified atom stereocenters. The standard InChI is InChI=1S/C28H36F2N6O2/c1-17-7-25(37)35(12-17)14-22-11-31-18(2)13-34(22)15-26(38)36-16-28(3,4)27-24(36)10-21(32-33-27)8-19-5-6-20(29)9-23(19)30/h5-6,9-10,17-18,22,31H,7-8,11-16H2,1-4H3/t17-,18-,22-/m1/s1. The van der Waals surface area contributed by atoms with Gasteiger partial charge in [0.25, 0.3) is 0 Å². The fourth-order valence-corrected chi connectivity index (χ4v) is 5.90. The predicted octanol–water partition coefficient (Wildman–Crippen LogP) is 2.50. The fraction of sp³-hybridized carbons (Fsp3) is 0.571. The molecule has 3 atom stereocenters. The van der Waals surface area contributed by atoms with Gasteiger partial charge in [-0.2, -0.15) is 10.2 Å². The first kappa shape index (κ1) is 26.6. The van der Waals surface area contributed by atoms with E-state index in [1.54, 1.807) is 11.0 Å². The number of amides is 2. The Kier molecular flexibility index (Phi) is 7.21. The van der Waals surface area contributed by atoms with Crippen LogP contribution in [0.1, 0.15) is 51.1 Å². The minimum absolute atomic E-state index is 0.0380. The van der Waals surface area contributed by atoms with E-state index in [1.165, 1.54) is 12.1 Å². The third kappa shape index (κ3) is 5.42. The van der Waals surface area contributed by atoms with Crippen molar-refractivity contribution in [1.82, 2.24) is 25.3 Å². The van der Waals surface area contributed by atoms with E-state index in [4.69, 9.17) is 0 Å². The number of carbonyl (C=O) groups is 2. The van der Waals surface area contributed by atoms with Crippen LogP contribution < -0.4 is 10.2 Å². The van der Waals surface area contributed by atoms with E-state index in [1.807, 2.05) is 18.7 Å². The first-order valence-corrected chi connectivity index (χ1v) is 13.4. The van der Waals surface area contributed by atoms with Crippen LogP contribution in [0.25, 0.3) is 0 Å². The molecule has 4 heterocycles. The van der Waals surface area contributed by atoms with Gasteiger partial charge in [0.15, 0.2) is 0 Å². The molecule has 1 aromatic carbocycles. The van der Waals surface area contributed by atoms with Gasteiger partial charge in [0, 0.05) is 69.1 Å². The molecule has 1 aromatic heterocycles. The van der Waals surface area contributed by atoms with Crippen LogP contribution in [-0.2, 0) is 21.4 Å². The van der Waals surface area contributed by atoms with Crippen molar-refractivity contribution < 1.29 is 18.4 Å². The van der Waals surface area contributed by atoms with Gasteiger partial charge in [-0.1, -0.05) is 26.8 Å². The highest BCUT2D eigenvalue weighted by Crippen LogP contribution is 2.39. The normalized spacial score (nSPS) is 25.2. The number of piperazine rings is 1. The first-order valence-electron chi connectivity index (χ1n) is 13.4. The lowest BCUT2D eigenvalue weighted by Crippen LogP contribution is -2.61. The predicted molar refractivity (Wildman–Crippen MR) is 140 cm³/mol. The fourth-order valence-electron chi connectivity index (χ4n) is 5.90. The van der Waals surface area contributed by atoms with Gasteiger partial charge in [-0.25, -0.2) is 8.78 Å². The third-order valence-corrected chi connectivity index (χ3v) is 7.90. The summed E-state index contributed by atoms with van der Waals surface area (Å²) in [6, 6.07) is 5.57. The number of nitrogens with one attached hydrogen (secondary N) is 1. The Morgan fingerprint density at radius 2 is 1.95 bits per heavy atom. The quantitative estimate of drug-likeness (QED) is 0.623. The number of hydrogen-bond donors (Lipinski definition) is 1. The summed E-state index contributed by atoms with van der Waals surface area (Å²) in [5.74, 6) is -0.764. The maximum absolute atomic E-state index is 14.3.